The van der Waals surface area contributed by atoms with E-state index in [1.54, 1.807) is 0 Å². The lowest BCUT2D eigenvalue weighted by Crippen LogP contribution is -2.42. The summed E-state index contributed by atoms with van der Waals surface area (Å²) in [5, 5.41) is 5.68. The number of hydrogen-bond donors (Lipinski definition) is 2. The molecule has 0 saturated heterocycles. The predicted octanol–water partition coefficient (Wildman–Crippen LogP) is 3.05. The van der Waals surface area contributed by atoms with Gasteiger partial charge in [0.15, 0.2) is 0 Å². The highest BCUT2D eigenvalue weighted by Gasteiger charge is 2.22. The van der Waals surface area contributed by atoms with Gasteiger partial charge in [0.05, 0.1) is 12.6 Å². The van der Waals surface area contributed by atoms with Gasteiger partial charge in [-0.1, -0.05) is 81.4 Å². The minimum absolute atomic E-state index is 0.0354. The van der Waals surface area contributed by atoms with Crippen LogP contribution in [-0.4, -0.2) is 18.4 Å². The zero-order valence-corrected chi connectivity index (χ0v) is 14.4. The molecule has 0 heterocycles. The summed E-state index contributed by atoms with van der Waals surface area (Å²) < 4.78 is 0. The fourth-order valence-corrected chi connectivity index (χ4v) is 2.29. The van der Waals surface area contributed by atoms with Crippen molar-refractivity contribution in [2.45, 2.75) is 26.8 Å². The Morgan fingerprint density at radius 3 is 1.75 bits per heavy atom. The Morgan fingerprint density at radius 2 is 1.33 bits per heavy atom. The van der Waals surface area contributed by atoms with Crippen molar-refractivity contribution in [2.75, 3.05) is 6.54 Å². The van der Waals surface area contributed by atoms with Gasteiger partial charge in [-0.25, -0.2) is 0 Å². The number of carbonyl (C=O) groups is 2. The van der Waals surface area contributed by atoms with E-state index < -0.39 is 5.41 Å². The molecule has 4 heteroatoms. The van der Waals surface area contributed by atoms with Crippen molar-refractivity contribution in [3.05, 3.63) is 71.8 Å². The molecule has 4 nitrogen and oxygen atoms in total. The minimum Gasteiger partial charge on any atom is -0.347 e. The summed E-state index contributed by atoms with van der Waals surface area (Å²) in [7, 11) is 0. The largest absolute Gasteiger partial charge is 0.347 e. The number of amides is 2. The number of rotatable bonds is 5. The fourth-order valence-electron chi connectivity index (χ4n) is 2.29. The molecular weight excluding hydrogens is 300 g/mol. The average Bonchev–Trinajstić information content (AvgIpc) is 2.58. The molecule has 0 radical (unpaired) electrons. The maximum atomic E-state index is 12.3. The second kappa shape index (κ2) is 7.77. The van der Waals surface area contributed by atoms with E-state index in [4.69, 9.17) is 0 Å². The fraction of sp³-hybridized carbons (Fsp3) is 0.300. The summed E-state index contributed by atoms with van der Waals surface area (Å²) >= 11 is 0. The van der Waals surface area contributed by atoms with Gasteiger partial charge in [0.1, 0.15) is 0 Å². The third-order valence-corrected chi connectivity index (χ3v) is 3.66. The molecule has 126 valence electrons. The van der Waals surface area contributed by atoms with E-state index in [-0.39, 0.29) is 24.4 Å². The average molecular weight is 324 g/mol. The van der Waals surface area contributed by atoms with E-state index in [2.05, 4.69) is 10.6 Å². The van der Waals surface area contributed by atoms with E-state index in [0.29, 0.717) is 0 Å². The Balaban J connectivity index is 2.09. The molecule has 0 bridgehead atoms. The van der Waals surface area contributed by atoms with Crippen LogP contribution < -0.4 is 10.6 Å². The molecule has 0 aliphatic rings. The van der Waals surface area contributed by atoms with Crippen molar-refractivity contribution in [3.63, 3.8) is 0 Å². The minimum atomic E-state index is -0.515. The lowest BCUT2D eigenvalue weighted by atomic mass is 9.96. The SMILES string of the molecule is CC(C)(C)C(=O)NCC(=O)NC(c1ccccc1)c1ccccc1. The highest BCUT2D eigenvalue weighted by molar-refractivity contribution is 5.87. The van der Waals surface area contributed by atoms with Crippen LogP contribution in [0.5, 0.6) is 0 Å². The van der Waals surface area contributed by atoms with Gasteiger partial charge in [-0.05, 0) is 11.1 Å². The first-order valence-corrected chi connectivity index (χ1v) is 8.05. The van der Waals surface area contributed by atoms with Crippen LogP contribution in [0, 0.1) is 5.41 Å². The van der Waals surface area contributed by atoms with Crippen LogP contribution in [0.3, 0.4) is 0 Å². The van der Waals surface area contributed by atoms with E-state index in [9.17, 15) is 9.59 Å². The Hall–Kier alpha value is -2.62. The van der Waals surface area contributed by atoms with Crippen molar-refractivity contribution < 1.29 is 9.59 Å². The summed E-state index contributed by atoms with van der Waals surface area (Å²) in [6, 6.07) is 19.3. The van der Waals surface area contributed by atoms with Crippen molar-refractivity contribution in [1.29, 1.82) is 0 Å². The molecule has 2 N–H and O–H groups in total. The van der Waals surface area contributed by atoms with Crippen molar-refractivity contribution in [2.24, 2.45) is 5.41 Å². The number of carbonyl (C=O) groups excluding carboxylic acids is 2. The first-order valence-electron chi connectivity index (χ1n) is 8.05. The summed E-state index contributed by atoms with van der Waals surface area (Å²) in [5.41, 5.74) is 1.48. The van der Waals surface area contributed by atoms with Gasteiger partial charge in [0.2, 0.25) is 11.8 Å². The summed E-state index contributed by atoms with van der Waals surface area (Å²) in [5.74, 6) is -0.362. The first-order chi connectivity index (χ1) is 11.4. The molecule has 2 amide bonds. The number of nitrogens with one attached hydrogen (secondary N) is 2. The molecule has 2 aromatic carbocycles. The molecule has 2 rings (SSSR count). The summed E-state index contributed by atoms with van der Waals surface area (Å²) in [6.07, 6.45) is 0. The van der Waals surface area contributed by atoms with Crippen LogP contribution >= 0.6 is 0 Å². The third kappa shape index (κ3) is 4.95. The molecule has 24 heavy (non-hydrogen) atoms. The highest BCUT2D eigenvalue weighted by Crippen LogP contribution is 2.21. The molecule has 0 unspecified atom stereocenters. The van der Waals surface area contributed by atoms with Gasteiger partial charge >= 0.3 is 0 Å². The van der Waals surface area contributed by atoms with Crippen LogP contribution in [0.4, 0.5) is 0 Å². The Morgan fingerprint density at radius 1 is 0.875 bits per heavy atom. The Kier molecular flexibility index (Phi) is 5.74. The highest BCUT2D eigenvalue weighted by atomic mass is 16.2. The molecule has 0 saturated carbocycles. The summed E-state index contributed by atoms with van der Waals surface area (Å²) in [4.78, 5) is 24.2. The molecule has 0 fully saturated rings. The molecule has 0 aromatic heterocycles. The third-order valence-electron chi connectivity index (χ3n) is 3.66. The first kappa shape index (κ1) is 17.7. The lowest BCUT2D eigenvalue weighted by molar-refractivity contribution is -0.131. The van der Waals surface area contributed by atoms with Crippen LogP contribution in [0.2, 0.25) is 0 Å². The van der Waals surface area contributed by atoms with E-state index in [0.717, 1.165) is 11.1 Å². The molecule has 0 atom stereocenters. The molecule has 0 aliphatic heterocycles. The van der Waals surface area contributed by atoms with Crippen LogP contribution in [-0.2, 0) is 9.59 Å². The number of benzene rings is 2. The quantitative estimate of drug-likeness (QED) is 0.888. The van der Waals surface area contributed by atoms with E-state index >= 15 is 0 Å². The molecular formula is C20H24N2O2. The Labute approximate surface area is 143 Å². The van der Waals surface area contributed by atoms with Crippen molar-refractivity contribution in [3.8, 4) is 0 Å². The van der Waals surface area contributed by atoms with Crippen LogP contribution in [0.15, 0.2) is 60.7 Å². The van der Waals surface area contributed by atoms with Crippen molar-refractivity contribution >= 4 is 11.8 Å². The van der Waals surface area contributed by atoms with Crippen LogP contribution in [0.25, 0.3) is 0 Å². The van der Waals surface area contributed by atoms with E-state index in [1.807, 2.05) is 81.4 Å². The molecule has 2 aromatic rings. The second-order valence-corrected chi connectivity index (χ2v) is 6.75. The van der Waals surface area contributed by atoms with Gasteiger partial charge in [0, 0.05) is 5.41 Å². The zero-order chi connectivity index (χ0) is 17.6. The maximum Gasteiger partial charge on any atom is 0.240 e. The second-order valence-electron chi connectivity index (χ2n) is 6.75. The lowest BCUT2D eigenvalue weighted by Gasteiger charge is -2.21. The van der Waals surface area contributed by atoms with Crippen LogP contribution in [0.1, 0.15) is 37.9 Å². The summed E-state index contributed by atoms with van der Waals surface area (Å²) in [6.45, 7) is 5.41. The number of hydrogen-bond acceptors (Lipinski definition) is 2. The van der Waals surface area contributed by atoms with Gasteiger partial charge in [-0.15, -0.1) is 0 Å². The Bertz CT molecular complexity index is 636. The molecule has 0 spiro atoms. The smallest absolute Gasteiger partial charge is 0.240 e. The maximum absolute atomic E-state index is 12.3. The van der Waals surface area contributed by atoms with Gasteiger partial charge < -0.3 is 10.6 Å². The topological polar surface area (TPSA) is 58.2 Å². The monoisotopic (exact) mass is 324 g/mol. The normalized spacial score (nSPS) is 11.2. The van der Waals surface area contributed by atoms with Gasteiger partial charge in [-0.2, -0.15) is 0 Å². The molecule has 0 aliphatic carbocycles. The predicted molar refractivity (Wildman–Crippen MR) is 95.3 cm³/mol. The van der Waals surface area contributed by atoms with Gasteiger partial charge in [-0.3, -0.25) is 9.59 Å². The standard InChI is InChI=1S/C20H24N2O2/c1-20(2,3)19(24)21-14-17(23)22-18(15-10-6-4-7-11-15)16-12-8-5-9-13-16/h4-13,18H,14H2,1-3H3,(H,21,24)(H,22,23). The zero-order valence-electron chi connectivity index (χ0n) is 14.4. The van der Waals surface area contributed by atoms with Crippen molar-refractivity contribution in [1.82, 2.24) is 10.6 Å². The van der Waals surface area contributed by atoms with E-state index in [1.165, 1.54) is 0 Å². The van der Waals surface area contributed by atoms with Gasteiger partial charge in [0.25, 0.3) is 0 Å².